The number of benzene rings is 1. The lowest BCUT2D eigenvalue weighted by Crippen LogP contribution is -2.50. The standard InChI is InChI=1S/C21H23N8O5P/c1-3-32-20(30)21(10-22,11-23)28-35(31,34-16-7-5-4-6-8-16)14-33-15(2)9-29-13-27-17-18(24)25-12-26-19(17)29/h4-8,12-13,15H,3,9,14H2,1-2H3,(H,28,31)(H2,24,25,26)/t15-,35?/m1/s1. The average molecular weight is 498 g/mol. The van der Waals surface area contributed by atoms with Gasteiger partial charge in [0.1, 0.15) is 36.1 Å². The molecule has 3 N–H and O–H groups in total. The number of carbonyl (C=O) groups excluding carboxylic acids is 1. The number of nitriles is 2. The molecule has 3 rings (SSSR count). The number of nitrogens with zero attached hydrogens (tertiary/aromatic N) is 6. The van der Waals surface area contributed by atoms with Crippen molar-refractivity contribution in [3.63, 3.8) is 0 Å². The van der Waals surface area contributed by atoms with Gasteiger partial charge in [-0.25, -0.2) is 19.7 Å². The molecule has 13 nitrogen and oxygen atoms in total. The van der Waals surface area contributed by atoms with Crippen LogP contribution in [0.15, 0.2) is 43.0 Å². The van der Waals surface area contributed by atoms with Crippen LogP contribution in [0, 0.1) is 22.7 Å². The molecule has 0 aliphatic rings. The average Bonchev–Trinajstić information content (AvgIpc) is 3.26. The van der Waals surface area contributed by atoms with Crippen molar-refractivity contribution >= 4 is 30.5 Å². The minimum atomic E-state index is -4.16. The molecule has 182 valence electrons. The van der Waals surface area contributed by atoms with Crippen LogP contribution in [0.4, 0.5) is 5.82 Å². The molecule has 14 heteroatoms. The van der Waals surface area contributed by atoms with Crippen LogP contribution >= 0.6 is 7.52 Å². The summed E-state index contributed by atoms with van der Waals surface area (Å²) >= 11 is 0. The van der Waals surface area contributed by atoms with Crippen molar-refractivity contribution < 1.29 is 23.4 Å². The molecule has 0 bridgehead atoms. The van der Waals surface area contributed by atoms with Crippen LogP contribution in [0.3, 0.4) is 0 Å². The van der Waals surface area contributed by atoms with E-state index in [1.165, 1.54) is 31.7 Å². The van der Waals surface area contributed by atoms with E-state index in [9.17, 15) is 19.9 Å². The van der Waals surface area contributed by atoms with Crippen molar-refractivity contribution in [1.29, 1.82) is 10.5 Å². The molecule has 0 radical (unpaired) electrons. The number of para-hydroxylation sites is 1. The minimum absolute atomic E-state index is 0.0874. The van der Waals surface area contributed by atoms with Crippen LogP contribution in [0.5, 0.6) is 5.75 Å². The Morgan fingerprint density at radius 2 is 1.97 bits per heavy atom. The normalized spacial score (nSPS) is 13.8. The number of ether oxygens (including phenoxy) is 2. The molecule has 35 heavy (non-hydrogen) atoms. The number of hydrogen-bond acceptors (Lipinski definition) is 11. The van der Waals surface area contributed by atoms with E-state index in [-0.39, 0.29) is 24.7 Å². The van der Waals surface area contributed by atoms with E-state index in [4.69, 9.17) is 19.7 Å². The number of carbonyl (C=O) groups is 1. The molecule has 0 aliphatic carbocycles. The van der Waals surface area contributed by atoms with Crippen molar-refractivity contribution in [3.05, 3.63) is 43.0 Å². The maximum atomic E-state index is 13.8. The van der Waals surface area contributed by atoms with Crippen LogP contribution in [0.25, 0.3) is 11.2 Å². The van der Waals surface area contributed by atoms with Gasteiger partial charge < -0.3 is 24.3 Å². The monoisotopic (exact) mass is 498 g/mol. The largest absolute Gasteiger partial charge is 0.463 e. The highest BCUT2D eigenvalue weighted by Crippen LogP contribution is 2.45. The van der Waals surface area contributed by atoms with Crippen molar-refractivity contribution in [1.82, 2.24) is 24.6 Å². The molecule has 0 spiro atoms. The first-order valence-corrected chi connectivity index (χ1v) is 12.2. The van der Waals surface area contributed by atoms with Gasteiger partial charge in [-0.2, -0.15) is 15.6 Å². The SMILES string of the molecule is CCOC(=O)C(C#N)(C#N)NP(=O)(CO[C@H](C)Cn1cnc2c(N)ncnc21)Oc1ccccc1. The Labute approximate surface area is 201 Å². The zero-order chi connectivity index (χ0) is 25.5. The van der Waals surface area contributed by atoms with Crippen molar-refractivity contribution in [2.45, 2.75) is 32.0 Å². The van der Waals surface area contributed by atoms with E-state index < -0.39 is 31.5 Å². The number of nitrogens with two attached hydrogens (primary N) is 1. The molecule has 0 saturated heterocycles. The second-order valence-corrected chi connectivity index (χ2v) is 9.33. The summed E-state index contributed by atoms with van der Waals surface area (Å²) in [5, 5.41) is 21.5. The number of hydrogen-bond donors (Lipinski definition) is 2. The van der Waals surface area contributed by atoms with Gasteiger partial charge in [0.15, 0.2) is 11.5 Å². The van der Waals surface area contributed by atoms with Crippen LogP contribution in [0.1, 0.15) is 13.8 Å². The first kappa shape index (κ1) is 25.6. The Morgan fingerprint density at radius 1 is 1.26 bits per heavy atom. The second kappa shape index (κ2) is 10.9. The molecular formula is C21H23N8O5P. The van der Waals surface area contributed by atoms with Gasteiger partial charge in [-0.15, -0.1) is 0 Å². The number of esters is 1. The topological polar surface area (TPSA) is 191 Å². The highest BCUT2D eigenvalue weighted by atomic mass is 31.2. The van der Waals surface area contributed by atoms with Crippen molar-refractivity contribution in [2.24, 2.45) is 0 Å². The van der Waals surface area contributed by atoms with E-state index >= 15 is 0 Å². The van der Waals surface area contributed by atoms with Crippen molar-refractivity contribution in [3.8, 4) is 17.9 Å². The zero-order valence-electron chi connectivity index (χ0n) is 19.0. The van der Waals surface area contributed by atoms with Gasteiger partial charge >= 0.3 is 13.5 Å². The number of anilines is 1. The fourth-order valence-corrected chi connectivity index (χ4v) is 4.81. The molecule has 2 atom stereocenters. The lowest BCUT2D eigenvalue weighted by atomic mass is 10.1. The van der Waals surface area contributed by atoms with Gasteiger partial charge in [0.05, 0.1) is 25.6 Å². The van der Waals surface area contributed by atoms with Gasteiger partial charge in [-0.1, -0.05) is 18.2 Å². The predicted octanol–water partition coefficient (Wildman–Crippen LogP) is 1.98. The molecule has 0 aliphatic heterocycles. The Hall–Kier alpha value is -4.03. The highest BCUT2D eigenvalue weighted by Gasteiger charge is 2.48. The number of aromatic nitrogens is 4. The molecule has 2 aromatic heterocycles. The van der Waals surface area contributed by atoms with E-state index in [1.54, 1.807) is 41.8 Å². The number of nitrogen functional groups attached to an aromatic ring is 1. The summed E-state index contributed by atoms with van der Waals surface area (Å²) in [5.41, 5.74) is 4.17. The smallest absolute Gasteiger partial charge is 0.356 e. The summed E-state index contributed by atoms with van der Waals surface area (Å²) in [6, 6.07) is 11.2. The maximum absolute atomic E-state index is 13.8. The molecule has 2 heterocycles. The highest BCUT2D eigenvalue weighted by molar-refractivity contribution is 7.57. The summed E-state index contributed by atoms with van der Waals surface area (Å²) in [5.74, 6) is -0.784. The van der Waals surface area contributed by atoms with Gasteiger partial charge in [-0.3, -0.25) is 4.57 Å². The predicted molar refractivity (Wildman–Crippen MR) is 124 cm³/mol. The first-order valence-electron chi connectivity index (χ1n) is 10.4. The quantitative estimate of drug-likeness (QED) is 0.289. The first-order chi connectivity index (χ1) is 16.8. The summed E-state index contributed by atoms with van der Waals surface area (Å²) in [7, 11) is -4.16. The minimum Gasteiger partial charge on any atom is -0.463 e. The van der Waals surface area contributed by atoms with Crippen LogP contribution < -0.4 is 15.3 Å². The Bertz CT molecular complexity index is 1300. The van der Waals surface area contributed by atoms with Crippen LogP contribution in [-0.4, -0.2) is 50.1 Å². The van der Waals surface area contributed by atoms with Crippen LogP contribution in [-0.2, 0) is 25.4 Å². The number of imidazole rings is 1. The summed E-state index contributed by atoms with van der Waals surface area (Å²) < 4.78 is 31.7. The molecular weight excluding hydrogens is 475 g/mol. The van der Waals surface area contributed by atoms with Crippen LogP contribution in [0.2, 0.25) is 0 Å². The molecule has 1 unspecified atom stereocenters. The van der Waals surface area contributed by atoms with Gasteiger partial charge in [0, 0.05) is 0 Å². The number of rotatable bonds is 11. The van der Waals surface area contributed by atoms with Gasteiger partial charge in [0.2, 0.25) is 0 Å². The van der Waals surface area contributed by atoms with Gasteiger partial charge in [-0.05, 0) is 26.0 Å². The lowest BCUT2D eigenvalue weighted by molar-refractivity contribution is -0.146. The molecule has 0 fully saturated rings. The third kappa shape index (κ3) is 5.91. The maximum Gasteiger partial charge on any atom is 0.356 e. The van der Waals surface area contributed by atoms with Gasteiger partial charge in [0.25, 0.3) is 5.54 Å². The molecule has 0 saturated carbocycles. The van der Waals surface area contributed by atoms with E-state index in [0.717, 1.165) is 0 Å². The van der Waals surface area contributed by atoms with E-state index in [1.807, 2.05) is 0 Å². The molecule has 3 aromatic rings. The number of fused-ring (bicyclic) bond motifs is 1. The molecule has 0 amide bonds. The lowest BCUT2D eigenvalue weighted by Gasteiger charge is -2.27. The third-order valence-electron chi connectivity index (χ3n) is 4.66. The third-order valence-corrected chi connectivity index (χ3v) is 6.33. The van der Waals surface area contributed by atoms with Crippen molar-refractivity contribution in [2.75, 3.05) is 18.7 Å². The Kier molecular flexibility index (Phi) is 7.99. The summed E-state index contributed by atoms with van der Waals surface area (Å²) in [6.07, 6.45) is 1.70. The Balaban J connectivity index is 1.81. The van der Waals surface area contributed by atoms with E-state index in [2.05, 4.69) is 20.0 Å². The summed E-state index contributed by atoms with van der Waals surface area (Å²) in [4.78, 5) is 24.6. The zero-order valence-corrected chi connectivity index (χ0v) is 19.9. The Morgan fingerprint density at radius 3 is 2.63 bits per heavy atom. The fourth-order valence-electron chi connectivity index (χ4n) is 3.03. The van der Waals surface area contributed by atoms with E-state index in [0.29, 0.717) is 11.2 Å². The fraction of sp³-hybridized carbons (Fsp3) is 0.333. The molecule has 1 aromatic carbocycles. The number of nitrogens with one attached hydrogen (secondary N) is 1. The summed E-state index contributed by atoms with van der Waals surface area (Å²) in [6.45, 7) is 3.38. The second-order valence-electron chi connectivity index (χ2n) is 7.32.